The van der Waals surface area contributed by atoms with Gasteiger partial charge in [-0.1, -0.05) is 45.4 Å². The second-order valence-electron chi connectivity index (χ2n) is 5.66. The fraction of sp³-hybridized carbons (Fsp3) is 0.647. The van der Waals surface area contributed by atoms with Gasteiger partial charge in [0.05, 0.1) is 0 Å². The summed E-state index contributed by atoms with van der Waals surface area (Å²) in [6.07, 6.45) is 2.51. The standard InChI is InChI=1S/C17H30N2/c1-5-6-13-19(17-10-8-7-9-11-17)14-12-18-16(4)15(2)3/h7-11,15-16,18H,5-6,12-14H2,1-4H3. The van der Waals surface area contributed by atoms with Crippen molar-refractivity contribution in [3.8, 4) is 0 Å². The van der Waals surface area contributed by atoms with Crippen LogP contribution in [0.15, 0.2) is 30.3 Å². The number of hydrogen-bond acceptors (Lipinski definition) is 2. The Hall–Kier alpha value is -1.02. The molecule has 2 nitrogen and oxygen atoms in total. The Morgan fingerprint density at radius 1 is 1.05 bits per heavy atom. The van der Waals surface area contributed by atoms with Crippen LogP contribution in [0.1, 0.15) is 40.5 Å². The van der Waals surface area contributed by atoms with Crippen LogP contribution in [-0.4, -0.2) is 25.7 Å². The van der Waals surface area contributed by atoms with Crippen LogP contribution in [-0.2, 0) is 0 Å². The molecule has 1 aromatic rings. The van der Waals surface area contributed by atoms with Crippen molar-refractivity contribution in [2.45, 2.75) is 46.6 Å². The lowest BCUT2D eigenvalue weighted by Crippen LogP contribution is -2.38. The van der Waals surface area contributed by atoms with Crippen LogP contribution >= 0.6 is 0 Å². The van der Waals surface area contributed by atoms with Gasteiger partial charge >= 0.3 is 0 Å². The summed E-state index contributed by atoms with van der Waals surface area (Å²) in [7, 11) is 0. The first-order valence-corrected chi connectivity index (χ1v) is 7.68. The van der Waals surface area contributed by atoms with Crippen LogP contribution < -0.4 is 10.2 Å². The Balaban J connectivity index is 2.46. The van der Waals surface area contributed by atoms with E-state index in [-0.39, 0.29) is 0 Å². The molecule has 0 radical (unpaired) electrons. The van der Waals surface area contributed by atoms with E-state index in [0.717, 1.165) is 19.6 Å². The van der Waals surface area contributed by atoms with Crippen LogP contribution in [0.4, 0.5) is 5.69 Å². The highest BCUT2D eigenvalue weighted by atomic mass is 15.1. The topological polar surface area (TPSA) is 15.3 Å². The summed E-state index contributed by atoms with van der Waals surface area (Å²) >= 11 is 0. The minimum atomic E-state index is 0.587. The monoisotopic (exact) mass is 262 g/mol. The molecule has 108 valence electrons. The van der Waals surface area contributed by atoms with Gasteiger partial charge < -0.3 is 10.2 Å². The lowest BCUT2D eigenvalue weighted by atomic mass is 10.1. The summed E-state index contributed by atoms with van der Waals surface area (Å²) in [6.45, 7) is 12.3. The van der Waals surface area contributed by atoms with E-state index in [0.29, 0.717) is 12.0 Å². The first kappa shape index (κ1) is 16.0. The second-order valence-corrected chi connectivity index (χ2v) is 5.66. The minimum absolute atomic E-state index is 0.587. The van der Waals surface area contributed by atoms with E-state index in [1.807, 2.05) is 0 Å². The Morgan fingerprint density at radius 3 is 2.32 bits per heavy atom. The number of unbranched alkanes of at least 4 members (excludes halogenated alkanes) is 1. The summed E-state index contributed by atoms with van der Waals surface area (Å²) in [6, 6.07) is 11.3. The van der Waals surface area contributed by atoms with Gasteiger partial charge in [-0.25, -0.2) is 0 Å². The molecule has 0 aliphatic heterocycles. The lowest BCUT2D eigenvalue weighted by molar-refractivity contribution is 0.429. The number of hydrogen-bond donors (Lipinski definition) is 1. The second kappa shape index (κ2) is 8.98. The summed E-state index contributed by atoms with van der Waals surface area (Å²) < 4.78 is 0. The molecule has 0 aromatic heterocycles. The Bertz CT molecular complexity index is 321. The Labute approximate surface area is 119 Å². The molecule has 1 aromatic carbocycles. The summed E-state index contributed by atoms with van der Waals surface area (Å²) in [5.41, 5.74) is 1.34. The molecule has 19 heavy (non-hydrogen) atoms. The van der Waals surface area contributed by atoms with Gasteiger partial charge in [-0.2, -0.15) is 0 Å². The maximum atomic E-state index is 3.62. The first-order valence-electron chi connectivity index (χ1n) is 7.68. The number of benzene rings is 1. The number of nitrogens with zero attached hydrogens (tertiary/aromatic N) is 1. The number of nitrogens with one attached hydrogen (secondary N) is 1. The lowest BCUT2D eigenvalue weighted by Gasteiger charge is -2.26. The third-order valence-electron chi connectivity index (χ3n) is 3.75. The van der Waals surface area contributed by atoms with Crippen molar-refractivity contribution < 1.29 is 0 Å². The summed E-state index contributed by atoms with van der Waals surface area (Å²) in [4.78, 5) is 2.49. The van der Waals surface area contributed by atoms with Crippen molar-refractivity contribution in [1.29, 1.82) is 0 Å². The van der Waals surface area contributed by atoms with Crippen molar-refractivity contribution >= 4 is 5.69 Å². The van der Waals surface area contributed by atoms with E-state index in [2.05, 4.69) is 68.2 Å². The Kier molecular flexibility index (Phi) is 7.57. The molecule has 0 saturated carbocycles. The largest absolute Gasteiger partial charge is 0.370 e. The van der Waals surface area contributed by atoms with Crippen LogP contribution in [0, 0.1) is 5.92 Å². The van der Waals surface area contributed by atoms with Crippen LogP contribution in [0.25, 0.3) is 0 Å². The predicted octanol–water partition coefficient (Wildman–Crippen LogP) is 3.93. The van der Waals surface area contributed by atoms with Crippen LogP contribution in [0.5, 0.6) is 0 Å². The highest BCUT2D eigenvalue weighted by Crippen LogP contribution is 2.13. The zero-order valence-corrected chi connectivity index (χ0v) is 13.0. The maximum absolute atomic E-state index is 3.62. The smallest absolute Gasteiger partial charge is 0.0366 e. The normalized spacial score (nSPS) is 12.7. The van der Waals surface area contributed by atoms with E-state index in [1.54, 1.807) is 0 Å². The van der Waals surface area contributed by atoms with Gasteiger partial charge in [-0.3, -0.25) is 0 Å². The molecule has 0 aliphatic carbocycles. The summed E-state index contributed by atoms with van der Waals surface area (Å²) in [5, 5.41) is 3.62. The van der Waals surface area contributed by atoms with Crippen molar-refractivity contribution in [2.75, 3.05) is 24.5 Å². The van der Waals surface area contributed by atoms with Gasteiger partial charge in [0.15, 0.2) is 0 Å². The van der Waals surface area contributed by atoms with Crippen molar-refractivity contribution in [1.82, 2.24) is 5.32 Å². The maximum Gasteiger partial charge on any atom is 0.0366 e. The Morgan fingerprint density at radius 2 is 1.74 bits per heavy atom. The molecule has 1 rings (SSSR count). The van der Waals surface area contributed by atoms with E-state index >= 15 is 0 Å². The van der Waals surface area contributed by atoms with E-state index in [4.69, 9.17) is 0 Å². The average Bonchev–Trinajstić information content (AvgIpc) is 2.43. The average molecular weight is 262 g/mol. The molecule has 0 amide bonds. The molecule has 0 heterocycles. The molecule has 2 heteroatoms. The van der Waals surface area contributed by atoms with Crippen molar-refractivity contribution in [3.63, 3.8) is 0 Å². The highest BCUT2D eigenvalue weighted by molar-refractivity contribution is 5.45. The van der Waals surface area contributed by atoms with Gasteiger partial charge in [0, 0.05) is 31.4 Å². The highest BCUT2D eigenvalue weighted by Gasteiger charge is 2.08. The first-order chi connectivity index (χ1) is 9.15. The number of anilines is 1. The van der Waals surface area contributed by atoms with E-state index in [1.165, 1.54) is 18.5 Å². The molecule has 1 N–H and O–H groups in total. The van der Waals surface area contributed by atoms with Crippen LogP contribution in [0.2, 0.25) is 0 Å². The van der Waals surface area contributed by atoms with Gasteiger partial charge in [0.1, 0.15) is 0 Å². The SMILES string of the molecule is CCCCN(CCNC(C)C(C)C)c1ccccc1. The number of rotatable bonds is 9. The van der Waals surface area contributed by atoms with Gasteiger partial charge in [0.2, 0.25) is 0 Å². The zero-order chi connectivity index (χ0) is 14.1. The molecule has 0 fully saturated rings. The molecular formula is C17H30N2. The molecule has 0 bridgehead atoms. The predicted molar refractivity (Wildman–Crippen MR) is 85.9 cm³/mol. The van der Waals surface area contributed by atoms with Gasteiger partial charge in [-0.15, -0.1) is 0 Å². The van der Waals surface area contributed by atoms with E-state index < -0.39 is 0 Å². The number of para-hydroxylation sites is 1. The molecule has 0 spiro atoms. The molecular weight excluding hydrogens is 232 g/mol. The van der Waals surface area contributed by atoms with Gasteiger partial charge in [-0.05, 0) is 31.4 Å². The fourth-order valence-electron chi connectivity index (χ4n) is 2.02. The van der Waals surface area contributed by atoms with Crippen LogP contribution in [0.3, 0.4) is 0 Å². The third-order valence-corrected chi connectivity index (χ3v) is 3.75. The third kappa shape index (κ3) is 6.11. The van der Waals surface area contributed by atoms with Gasteiger partial charge in [0.25, 0.3) is 0 Å². The summed E-state index contributed by atoms with van der Waals surface area (Å²) in [5.74, 6) is 0.695. The zero-order valence-electron chi connectivity index (χ0n) is 13.0. The minimum Gasteiger partial charge on any atom is -0.370 e. The van der Waals surface area contributed by atoms with E-state index in [9.17, 15) is 0 Å². The molecule has 1 unspecified atom stereocenters. The fourth-order valence-corrected chi connectivity index (χ4v) is 2.02. The van der Waals surface area contributed by atoms with Crippen molar-refractivity contribution in [3.05, 3.63) is 30.3 Å². The molecule has 1 atom stereocenters. The molecule has 0 saturated heterocycles. The quantitative estimate of drug-likeness (QED) is 0.725. The van der Waals surface area contributed by atoms with Crippen molar-refractivity contribution in [2.24, 2.45) is 5.92 Å². The molecule has 0 aliphatic rings.